The van der Waals surface area contributed by atoms with Crippen molar-refractivity contribution in [2.45, 2.75) is 51.4 Å². The number of hydrogen-bond acceptors (Lipinski definition) is 7. The third-order valence-electron chi connectivity index (χ3n) is 5.94. The van der Waals surface area contributed by atoms with Gasteiger partial charge in [-0.15, -0.1) is 0 Å². The number of methoxy groups -OCH3 is 2. The molecule has 1 aromatic heterocycles. The first-order valence-corrected chi connectivity index (χ1v) is 10.2. The standard InChI is InChI=1S/C20H33N3O5/c1-13(2)18(19(25)23-10-7-15(24)12-23)16-11-17(21-28-16)22-8-5-14(6-9-22)20(26-3)27-4/h11,13-15,18,20,24H,5-10,12H2,1-4H3. The van der Waals surface area contributed by atoms with Gasteiger partial charge in [0.05, 0.1) is 6.10 Å². The average molecular weight is 396 g/mol. The molecular weight excluding hydrogens is 362 g/mol. The number of aliphatic hydroxyl groups is 1. The molecule has 158 valence electrons. The van der Waals surface area contributed by atoms with Crippen molar-refractivity contribution in [3.05, 3.63) is 11.8 Å². The highest BCUT2D eigenvalue weighted by Crippen LogP contribution is 2.32. The molecule has 2 saturated heterocycles. The number of aliphatic hydroxyl groups excluding tert-OH is 1. The molecule has 0 bridgehead atoms. The van der Waals surface area contributed by atoms with Gasteiger partial charge < -0.3 is 28.9 Å². The Labute approximate surface area is 166 Å². The summed E-state index contributed by atoms with van der Waals surface area (Å²) < 4.78 is 16.4. The van der Waals surface area contributed by atoms with E-state index in [1.807, 2.05) is 19.9 Å². The van der Waals surface area contributed by atoms with Gasteiger partial charge in [0.25, 0.3) is 0 Å². The number of carbonyl (C=O) groups excluding carboxylic acids is 1. The minimum absolute atomic E-state index is 0.0102. The SMILES string of the molecule is COC(OC)C1CCN(c2cc(C(C(=O)N3CCC(O)C3)C(C)C)on2)CC1. The second kappa shape index (κ2) is 9.24. The highest BCUT2D eigenvalue weighted by molar-refractivity contribution is 5.83. The molecule has 1 aromatic rings. The molecule has 0 radical (unpaired) electrons. The highest BCUT2D eigenvalue weighted by atomic mass is 16.7. The number of anilines is 1. The summed E-state index contributed by atoms with van der Waals surface area (Å²) in [6, 6.07) is 1.90. The van der Waals surface area contributed by atoms with Crippen LogP contribution >= 0.6 is 0 Å². The zero-order valence-electron chi connectivity index (χ0n) is 17.3. The van der Waals surface area contributed by atoms with Crippen molar-refractivity contribution in [1.29, 1.82) is 0 Å². The Morgan fingerprint density at radius 3 is 2.43 bits per heavy atom. The van der Waals surface area contributed by atoms with Crippen LogP contribution in [0, 0.1) is 11.8 Å². The molecular formula is C20H33N3O5. The van der Waals surface area contributed by atoms with Gasteiger partial charge in [0.2, 0.25) is 5.91 Å². The molecule has 1 N–H and O–H groups in total. The van der Waals surface area contributed by atoms with Crippen molar-refractivity contribution < 1.29 is 23.9 Å². The molecule has 2 aliphatic heterocycles. The second-order valence-corrected chi connectivity index (χ2v) is 8.20. The lowest BCUT2D eigenvalue weighted by molar-refractivity contribution is -0.141. The molecule has 0 spiro atoms. The fourth-order valence-corrected chi connectivity index (χ4v) is 4.33. The third kappa shape index (κ3) is 4.50. The lowest BCUT2D eigenvalue weighted by Gasteiger charge is -2.34. The first kappa shape index (κ1) is 21.1. The summed E-state index contributed by atoms with van der Waals surface area (Å²) in [4.78, 5) is 16.9. The molecule has 0 saturated carbocycles. The van der Waals surface area contributed by atoms with Gasteiger partial charge in [-0.2, -0.15) is 0 Å². The van der Waals surface area contributed by atoms with Gasteiger partial charge in [-0.05, 0) is 25.2 Å². The Morgan fingerprint density at radius 1 is 1.21 bits per heavy atom. The van der Waals surface area contributed by atoms with Crippen LogP contribution in [-0.2, 0) is 14.3 Å². The maximum absolute atomic E-state index is 13.0. The zero-order chi connectivity index (χ0) is 20.3. The van der Waals surface area contributed by atoms with Crippen LogP contribution < -0.4 is 4.90 Å². The molecule has 2 atom stereocenters. The van der Waals surface area contributed by atoms with Gasteiger partial charge in [0.1, 0.15) is 5.92 Å². The van der Waals surface area contributed by atoms with E-state index >= 15 is 0 Å². The van der Waals surface area contributed by atoms with Gasteiger partial charge in [-0.3, -0.25) is 4.79 Å². The van der Waals surface area contributed by atoms with E-state index in [0.717, 1.165) is 31.7 Å². The molecule has 8 heteroatoms. The maximum atomic E-state index is 13.0. The first-order chi connectivity index (χ1) is 13.4. The monoisotopic (exact) mass is 395 g/mol. The van der Waals surface area contributed by atoms with Crippen LogP contribution in [0.3, 0.4) is 0 Å². The normalized spacial score (nSPS) is 22.5. The zero-order valence-corrected chi connectivity index (χ0v) is 17.3. The summed E-state index contributed by atoms with van der Waals surface area (Å²) in [5.74, 6) is 1.46. The number of carbonyl (C=O) groups is 1. The third-order valence-corrected chi connectivity index (χ3v) is 5.94. The quantitative estimate of drug-likeness (QED) is 0.705. The molecule has 2 unspecified atom stereocenters. The van der Waals surface area contributed by atoms with Crippen LogP contribution in [0.1, 0.15) is 44.8 Å². The maximum Gasteiger partial charge on any atom is 0.233 e. The number of ether oxygens (including phenoxy) is 2. The van der Waals surface area contributed by atoms with E-state index < -0.39 is 6.10 Å². The van der Waals surface area contributed by atoms with Crippen LogP contribution in [0.5, 0.6) is 0 Å². The van der Waals surface area contributed by atoms with E-state index in [2.05, 4.69) is 10.1 Å². The fourth-order valence-electron chi connectivity index (χ4n) is 4.33. The number of hydrogen-bond donors (Lipinski definition) is 1. The van der Waals surface area contributed by atoms with E-state index in [-0.39, 0.29) is 24.0 Å². The number of rotatable bonds is 7. The summed E-state index contributed by atoms with van der Waals surface area (Å²) >= 11 is 0. The van der Waals surface area contributed by atoms with Crippen molar-refractivity contribution in [1.82, 2.24) is 10.1 Å². The van der Waals surface area contributed by atoms with Crippen LogP contribution in [0.4, 0.5) is 5.82 Å². The Kier molecular flexibility index (Phi) is 6.95. The molecule has 0 aliphatic carbocycles. The van der Waals surface area contributed by atoms with E-state index in [9.17, 15) is 9.90 Å². The van der Waals surface area contributed by atoms with Gasteiger partial charge in [-0.1, -0.05) is 19.0 Å². The van der Waals surface area contributed by atoms with Gasteiger partial charge in [0.15, 0.2) is 17.9 Å². The predicted octanol–water partition coefficient (Wildman–Crippen LogP) is 1.84. The minimum Gasteiger partial charge on any atom is -0.391 e. The molecule has 1 amide bonds. The summed E-state index contributed by atoms with van der Waals surface area (Å²) in [6.45, 7) is 6.71. The largest absolute Gasteiger partial charge is 0.391 e. The summed E-state index contributed by atoms with van der Waals surface area (Å²) in [5.41, 5.74) is 0. The van der Waals surface area contributed by atoms with Gasteiger partial charge >= 0.3 is 0 Å². The van der Waals surface area contributed by atoms with Crippen molar-refractivity contribution in [3.8, 4) is 0 Å². The van der Waals surface area contributed by atoms with Gasteiger partial charge in [0, 0.05) is 52.4 Å². The summed E-state index contributed by atoms with van der Waals surface area (Å²) in [7, 11) is 3.35. The Hall–Kier alpha value is -1.64. The van der Waals surface area contributed by atoms with Crippen LogP contribution in [-0.4, -0.2) is 73.9 Å². The van der Waals surface area contributed by atoms with E-state index in [0.29, 0.717) is 31.2 Å². The minimum atomic E-state index is -0.425. The number of β-amino-alcohol motifs (C(OH)–C–C–N with tert-alkyl or cyclic N) is 1. The number of piperidine rings is 1. The van der Waals surface area contributed by atoms with E-state index in [1.165, 1.54) is 0 Å². The number of likely N-dealkylation sites (tertiary alicyclic amines) is 1. The van der Waals surface area contributed by atoms with Crippen molar-refractivity contribution in [2.75, 3.05) is 45.3 Å². The lowest BCUT2D eigenvalue weighted by Crippen LogP contribution is -2.39. The van der Waals surface area contributed by atoms with Crippen molar-refractivity contribution >= 4 is 11.7 Å². The Balaban J connectivity index is 1.66. The number of aromatic nitrogens is 1. The topological polar surface area (TPSA) is 88.3 Å². The van der Waals surface area contributed by atoms with Crippen LogP contribution in [0.25, 0.3) is 0 Å². The van der Waals surface area contributed by atoms with E-state index in [1.54, 1.807) is 19.1 Å². The van der Waals surface area contributed by atoms with Crippen molar-refractivity contribution in [2.24, 2.45) is 11.8 Å². The van der Waals surface area contributed by atoms with Crippen LogP contribution in [0.15, 0.2) is 10.6 Å². The molecule has 8 nitrogen and oxygen atoms in total. The average Bonchev–Trinajstić information content (AvgIpc) is 3.33. The molecule has 0 aromatic carbocycles. The summed E-state index contributed by atoms with van der Waals surface area (Å²) in [6.07, 6.45) is 1.94. The molecule has 3 rings (SSSR count). The fraction of sp³-hybridized carbons (Fsp3) is 0.800. The van der Waals surface area contributed by atoms with Crippen molar-refractivity contribution in [3.63, 3.8) is 0 Å². The van der Waals surface area contributed by atoms with E-state index in [4.69, 9.17) is 14.0 Å². The molecule has 3 heterocycles. The predicted molar refractivity (Wildman–Crippen MR) is 104 cm³/mol. The number of nitrogens with zero attached hydrogens (tertiary/aromatic N) is 3. The molecule has 2 aliphatic rings. The molecule has 2 fully saturated rings. The smallest absolute Gasteiger partial charge is 0.233 e. The lowest BCUT2D eigenvalue weighted by atomic mass is 9.91. The van der Waals surface area contributed by atoms with Gasteiger partial charge in [-0.25, -0.2) is 0 Å². The molecule has 28 heavy (non-hydrogen) atoms. The highest BCUT2D eigenvalue weighted by Gasteiger charge is 2.36. The first-order valence-electron chi connectivity index (χ1n) is 10.2. The van der Waals surface area contributed by atoms with Crippen LogP contribution in [0.2, 0.25) is 0 Å². The Bertz CT molecular complexity index is 638. The summed E-state index contributed by atoms with van der Waals surface area (Å²) in [5, 5.41) is 14.0. The second-order valence-electron chi connectivity index (χ2n) is 8.20. The Morgan fingerprint density at radius 2 is 1.89 bits per heavy atom. The number of amides is 1.